The average Bonchev–Trinajstić information content (AvgIpc) is 2.75. The summed E-state index contributed by atoms with van der Waals surface area (Å²) < 4.78 is 10.9. The van der Waals surface area contributed by atoms with Crippen LogP contribution < -0.4 is 14.9 Å². The molecule has 3 rings (SSSR count). The van der Waals surface area contributed by atoms with Crippen LogP contribution in [-0.2, 0) is 0 Å². The monoisotopic (exact) mass is 421 g/mol. The summed E-state index contributed by atoms with van der Waals surface area (Å²) in [4.78, 5) is 23.7. The maximum atomic E-state index is 12.8. The molecular formula is C23H23N3O5. The molecule has 3 aromatic carbocycles. The average molecular weight is 421 g/mol. The molecule has 0 unspecified atom stereocenters. The second-order valence-corrected chi connectivity index (χ2v) is 6.66. The first-order valence-corrected chi connectivity index (χ1v) is 9.86. The maximum absolute atomic E-state index is 12.8. The van der Waals surface area contributed by atoms with Crippen molar-refractivity contribution in [2.45, 2.75) is 20.8 Å². The number of rotatable bonds is 8. The van der Waals surface area contributed by atoms with Gasteiger partial charge in [0.25, 0.3) is 5.91 Å². The van der Waals surface area contributed by atoms with Gasteiger partial charge in [-0.2, -0.15) is 5.10 Å². The minimum Gasteiger partial charge on any atom is -0.493 e. The number of amides is 1. The van der Waals surface area contributed by atoms with E-state index in [1.54, 1.807) is 13.8 Å². The number of hydrogen-bond acceptors (Lipinski definition) is 6. The molecule has 8 nitrogen and oxygen atoms in total. The van der Waals surface area contributed by atoms with Crippen molar-refractivity contribution in [3.63, 3.8) is 0 Å². The molecule has 0 spiro atoms. The van der Waals surface area contributed by atoms with Crippen molar-refractivity contribution >= 4 is 28.6 Å². The van der Waals surface area contributed by atoms with Crippen LogP contribution in [0.5, 0.6) is 11.5 Å². The van der Waals surface area contributed by atoms with Crippen LogP contribution in [0.1, 0.15) is 35.3 Å². The van der Waals surface area contributed by atoms with Gasteiger partial charge in [-0.1, -0.05) is 36.4 Å². The van der Waals surface area contributed by atoms with Crippen LogP contribution in [0.15, 0.2) is 53.6 Å². The molecule has 0 aromatic heterocycles. The number of carbonyl (C=O) groups is 1. The van der Waals surface area contributed by atoms with Gasteiger partial charge in [0.15, 0.2) is 0 Å². The summed E-state index contributed by atoms with van der Waals surface area (Å²) in [5.41, 5.74) is 4.00. The number of benzene rings is 3. The van der Waals surface area contributed by atoms with E-state index in [1.165, 1.54) is 18.3 Å². The summed E-state index contributed by atoms with van der Waals surface area (Å²) in [5.74, 6) is 0.114. The molecule has 0 atom stereocenters. The number of hydrazone groups is 1. The number of nitrogens with zero attached hydrogens (tertiary/aromatic N) is 2. The van der Waals surface area contributed by atoms with Crippen LogP contribution in [0, 0.1) is 17.0 Å². The van der Waals surface area contributed by atoms with E-state index in [1.807, 2.05) is 43.3 Å². The van der Waals surface area contributed by atoms with Crippen molar-refractivity contribution < 1.29 is 19.2 Å². The van der Waals surface area contributed by atoms with Gasteiger partial charge in [0.05, 0.1) is 29.9 Å². The number of hydrogen-bond donors (Lipinski definition) is 1. The van der Waals surface area contributed by atoms with Crippen LogP contribution in [0.2, 0.25) is 0 Å². The third-order valence-corrected chi connectivity index (χ3v) is 4.62. The van der Waals surface area contributed by atoms with Crippen molar-refractivity contribution in [2.24, 2.45) is 5.10 Å². The van der Waals surface area contributed by atoms with Gasteiger partial charge in [-0.15, -0.1) is 0 Å². The molecular weight excluding hydrogens is 398 g/mol. The minimum atomic E-state index is -0.532. The minimum absolute atomic E-state index is 0.114. The number of fused-ring (bicyclic) bond motifs is 1. The number of ether oxygens (including phenoxy) is 2. The van der Waals surface area contributed by atoms with Crippen LogP contribution in [0.3, 0.4) is 0 Å². The third kappa shape index (κ3) is 4.80. The molecule has 3 aromatic rings. The predicted molar refractivity (Wildman–Crippen MR) is 119 cm³/mol. The zero-order chi connectivity index (χ0) is 22.4. The Morgan fingerprint density at radius 3 is 2.52 bits per heavy atom. The van der Waals surface area contributed by atoms with Crippen LogP contribution in [-0.4, -0.2) is 30.3 Å². The summed E-state index contributed by atoms with van der Waals surface area (Å²) in [7, 11) is 0. The molecule has 31 heavy (non-hydrogen) atoms. The molecule has 0 bridgehead atoms. The summed E-state index contributed by atoms with van der Waals surface area (Å²) in [6.07, 6.45) is 1.33. The standard InChI is InChI=1S/C23H23N3O5/c1-4-30-20-13-21(31-5-2)19(26(28)29)12-17(20)14-24-25-23(27)22-15(3)10-11-16-8-6-7-9-18(16)22/h6-14H,4-5H2,1-3H3,(H,25,27)/b24-14-. The van der Waals surface area contributed by atoms with E-state index >= 15 is 0 Å². The summed E-state index contributed by atoms with van der Waals surface area (Å²) in [5, 5.41) is 17.2. The van der Waals surface area contributed by atoms with Crippen molar-refractivity contribution in [3.8, 4) is 11.5 Å². The Balaban J connectivity index is 1.91. The van der Waals surface area contributed by atoms with Crippen molar-refractivity contribution in [2.75, 3.05) is 13.2 Å². The highest BCUT2D eigenvalue weighted by Crippen LogP contribution is 2.34. The zero-order valence-corrected chi connectivity index (χ0v) is 17.5. The molecule has 1 amide bonds. The molecule has 0 aliphatic heterocycles. The SMILES string of the molecule is CCOc1cc(OCC)c([N+](=O)[O-])cc1/C=N\NC(=O)c1c(C)ccc2ccccc12. The lowest BCUT2D eigenvalue weighted by Gasteiger charge is -2.11. The van der Waals surface area contributed by atoms with E-state index in [0.717, 1.165) is 16.3 Å². The van der Waals surface area contributed by atoms with Gasteiger partial charge >= 0.3 is 5.69 Å². The van der Waals surface area contributed by atoms with Gasteiger partial charge in [-0.25, -0.2) is 5.43 Å². The Labute approximate surface area is 179 Å². The van der Waals surface area contributed by atoms with Gasteiger partial charge in [-0.05, 0) is 37.1 Å². The highest BCUT2D eigenvalue weighted by atomic mass is 16.6. The van der Waals surface area contributed by atoms with Gasteiger partial charge in [0.2, 0.25) is 5.75 Å². The highest BCUT2D eigenvalue weighted by molar-refractivity contribution is 6.08. The summed E-state index contributed by atoms with van der Waals surface area (Å²) in [6, 6.07) is 14.2. The molecule has 0 saturated heterocycles. The van der Waals surface area contributed by atoms with Gasteiger partial charge < -0.3 is 9.47 Å². The predicted octanol–water partition coefficient (Wildman–Crippen LogP) is 4.62. The topological polar surface area (TPSA) is 103 Å². The molecule has 0 fully saturated rings. The van der Waals surface area contributed by atoms with Crippen LogP contribution in [0.25, 0.3) is 10.8 Å². The third-order valence-electron chi connectivity index (χ3n) is 4.62. The van der Waals surface area contributed by atoms with Crippen molar-refractivity contribution in [3.05, 3.63) is 75.3 Å². The molecule has 0 aliphatic carbocycles. The number of nitro groups is 1. The fourth-order valence-corrected chi connectivity index (χ4v) is 3.26. The number of nitro benzene ring substituents is 1. The maximum Gasteiger partial charge on any atom is 0.311 e. The molecule has 1 N–H and O–H groups in total. The normalized spacial score (nSPS) is 10.9. The van der Waals surface area contributed by atoms with Crippen molar-refractivity contribution in [1.82, 2.24) is 5.43 Å². The molecule has 0 heterocycles. The zero-order valence-electron chi connectivity index (χ0n) is 17.5. The Morgan fingerprint density at radius 1 is 1.10 bits per heavy atom. The van der Waals surface area contributed by atoms with Gasteiger partial charge in [0, 0.05) is 17.7 Å². The summed E-state index contributed by atoms with van der Waals surface area (Å²) >= 11 is 0. The van der Waals surface area contributed by atoms with E-state index in [-0.39, 0.29) is 24.0 Å². The first-order valence-electron chi connectivity index (χ1n) is 9.86. The second-order valence-electron chi connectivity index (χ2n) is 6.66. The smallest absolute Gasteiger partial charge is 0.311 e. The van der Waals surface area contributed by atoms with E-state index in [2.05, 4.69) is 10.5 Å². The van der Waals surface area contributed by atoms with Gasteiger partial charge in [0.1, 0.15) is 5.75 Å². The summed E-state index contributed by atoms with van der Waals surface area (Å²) in [6.45, 7) is 6.03. The first kappa shape index (κ1) is 21.8. The Morgan fingerprint density at radius 2 is 1.81 bits per heavy atom. The molecule has 8 heteroatoms. The van der Waals surface area contributed by atoms with Crippen molar-refractivity contribution in [1.29, 1.82) is 0 Å². The fraction of sp³-hybridized carbons (Fsp3) is 0.217. The molecule has 0 radical (unpaired) electrons. The Bertz CT molecular complexity index is 1160. The number of aryl methyl sites for hydroxylation is 1. The second kappa shape index (κ2) is 9.71. The van der Waals surface area contributed by atoms with Gasteiger partial charge in [-0.3, -0.25) is 14.9 Å². The Hall–Kier alpha value is -3.94. The largest absolute Gasteiger partial charge is 0.493 e. The molecule has 0 aliphatic rings. The molecule has 0 saturated carbocycles. The number of nitrogens with one attached hydrogen (secondary N) is 1. The molecule has 160 valence electrons. The lowest BCUT2D eigenvalue weighted by molar-refractivity contribution is -0.385. The van der Waals surface area contributed by atoms with E-state index in [0.29, 0.717) is 23.5 Å². The quantitative estimate of drug-likeness (QED) is 0.325. The Kier molecular flexibility index (Phi) is 6.81. The van der Waals surface area contributed by atoms with E-state index in [9.17, 15) is 14.9 Å². The highest BCUT2D eigenvalue weighted by Gasteiger charge is 2.20. The van der Waals surface area contributed by atoms with E-state index in [4.69, 9.17) is 9.47 Å². The lowest BCUT2D eigenvalue weighted by Crippen LogP contribution is -2.19. The van der Waals surface area contributed by atoms with E-state index < -0.39 is 4.92 Å². The first-order chi connectivity index (χ1) is 15.0. The number of carbonyl (C=O) groups excluding carboxylic acids is 1. The van der Waals surface area contributed by atoms with Crippen LogP contribution >= 0.6 is 0 Å². The fourth-order valence-electron chi connectivity index (χ4n) is 3.26. The lowest BCUT2D eigenvalue weighted by atomic mass is 9.99. The van der Waals surface area contributed by atoms with Crippen LogP contribution in [0.4, 0.5) is 5.69 Å².